The van der Waals surface area contributed by atoms with E-state index in [2.05, 4.69) is 5.32 Å². The lowest BCUT2D eigenvalue weighted by Gasteiger charge is -2.43. The number of carbonyl (C=O) groups excluding carboxylic acids is 4. The van der Waals surface area contributed by atoms with Crippen molar-refractivity contribution in [3.05, 3.63) is 65.7 Å². The first-order valence-electron chi connectivity index (χ1n) is 10.4. The molecule has 0 aromatic heterocycles. The normalized spacial score (nSPS) is 18.3. The second kappa shape index (κ2) is 10.6. The van der Waals surface area contributed by atoms with E-state index in [0.29, 0.717) is 18.5 Å². The van der Waals surface area contributed by atoms with Gasteiger partial charge in [-0.1, -0.05) is 49.4 Å². The van der Waals surface area contributed by atoms with Gasteiger partial charge in [0.1, 0.15) is 18.6 Å². The van der Waals surface area contributed by atoms with Gasteiger partial charge in [0.15, 0.2) is 6.04 Å². The molecule has 3 amide bonds. The molecule has 1 aliphatic heterocycles. The van der Waals surface area contributed by atoms with E-state index in [9.17, 15) is 19.2 Å². The van der Waals surface area contributed by atoms with Gasteiger partial charge in [-0.3, -0.25) is 4.79 Å². The molecule has 3 rings (SSSR count). The van der Waals surface area contributed by atoms with Crippen LogP contribution in [0.2, 0.25) is 0 Å². The van der Waals surface area contributed by atoms with Gasteiger partial charge in [0.05, 0.1) is 19.1 Å². The summed E-state index contributed by atoms with van der Waals surface area (Å²) < 4.78 is 10.5. The van der Waals surface area contributed by atoms with Gasteiger partial charge in [-0.25, -0.2) is 14.5 Å². The molecule has 32 heavy (non-hydrogen) atoms. The number of benzene rings is 2. The topological polar surface area (TPSA) is 102 Å². The van der Waals surface area contributed by atoms with E-state index in [0.717, 1.165) is 16.0 Å². The Labute approximate surface area is 186 Å². The number of urea groups is 1. The lowest BCUT2D eigenvalue weighted by Crippen LogP contribution is -2.68. The number of nitrogens with zero attached hydrogens (tertiary/aromatic N) is 1. The van der Waals surface area contributed by atoms with Gasteiger partial charge in [0.2, 0.25) is 5.91 Å². The number of β-lactam (4-membered cyclic amide) rings is 1. The zero-order valence-corrected chi connectivity index (χ0v) is 18.0. The number of amides is 3. The molecule has 1 N–H and O–H groups in total. The Balaban J connectivity index is 1.69. The molecule has 3 atom stereocenters. The Kier molecular flexibility index (Phi) is 7.59. The Morgan fingerprint density at radius 3 is 2.41 bits per heavy atom. The smallest absolute Gasteiger partial charge is 0.330 e. The standard InChI is InChI=1S/C24H26N2O6/c1-3-20(17-7-5-4-6-8-17)25-24(30)26-21(19(13-14-27)22(26)28)23(29)32-15-16-9-11-18(31-2)12-10-16/h4-12,14,19-21H,3,13,15H2,1-2H3,(H,25,30)/t19-,20-,21+/m1/s1. The Morgan fingerprint density at radius 2 is 1.81 bits per heavy atom. The number of hydrogen-bond acceptors (Lipinski definition) is 6. The first kappa shape index (κ1) is 23.0. The number of hydrogen-bond donors (Lipinski definition) is 1. The van der Waals surface area contributed by atoms with Gasteiger partial charge in [0.25, 0.3) is 0 Å². The molecule has 0 bridgehead atoms. The van der Waals surface area contributed by atoms with Crippen LogP contribution in [0.3, 0.4) is 0 Å². The Bertz CT molecular complexity index is 960. The molecule has 168 valence electrons. The summed E-state index contributed by atoms with van der Waals surface area (Å²) in [5.74, 6) is -1.53. The highest BCUT2D eigenvalue weighted by atomic mass is 16.5. The van der Waals surface area contributed by atoms with Crippen molar-refractivity contribution in [1.82, 2.24) is 10.2 Å². The summed E-state index contributed by atoms with van der Waals surface area (Å²) in [5.41, 5.74) is 1.61. The largest absolute Gasteiger partial charge is 0.497 e. The average Bonchev–Trinajstić information content (AvgIpc) is 2.83. The second-order valence-electron chi connectivity index (χ2n) is 7.44. The van der Waals surface area contributed by atoms with Crippen LogP contribution in [0.5, 0.6) is 5.75 Å². The molecule has 1 aliphatic rings. The third kappa shape index (κ3) is 4.96. The molecule has 0 unspecified atom stereocenters. The maximum atomic E-state index is 12.9. The highest BCUT2D eigenvalue weighted by molar-refractivity contribution is 6.08. The van der Waals surface area contributed by atoms with Gasteiger partial charge < -0.3 is 19.6 Å². The van der Waals surface area contributed by atoms with Crippen LogP contribution in [-0.4, -0.2) is 42.2 Å². The molecule has 1 saturated heterocycles. The third-order valence-corrected chi connectivity index (χ3v) is 5.47. The van der Waals surface area contributed by atoms with Crippen molar-refractivity contribution in [3.63, 3.8) is 0 Å². The molecule has 8 heteroatoms. The van der Waals surface area contributed by atoms with Crippen molar-refractivity contribution < 1.29 is 28.7 Å². The van der Waals surface area contributed by atoms with E-state index < -0.39 is 29.9 Å². The van der Waals surface area contributed by atoms with Gasteiger partial charge in [-0.05, 0) is 29.7 Å². The Hall–Kier alpha value is -3.68. The van der Waals surface area contributed by atoms with Crippen molar-refractivity contribution in [1.29, 1.82) is 0 Å². The van der Waals surface area contributed by atoms with Gasteiger partial charge in [0, 0.05) is 6.42 Å². The van der Waals surface area contributed by atoms with E-state index in [1.165, 1.54) is 0 Å². The predicted octanol–water partition coefficient (Wildman–Crippen LogP) is 3.02. The summed E-state index contributed by atoms with van der Waals surface area (Å²) in [6.07, 6.45) is 1.02. The monoisotopic (exact) mass is 438 g/mol. The first-order chi connectivity index (χ1) is 15.5. The maximum Gasteiger partial charge on any atom is 0.330 e. The van der Waals surface area contributed by atoms with E-state index in [1.807, 2.05) is 37.3 Å². The van der Waals surface area contributed by atoms with Crippen molar-refractivity contribution in [2.45, 2.75) is 38.5 Å². The highest BCUT2D eigenvalue weighted by Crippen LogP contribution is 2.31. The lowest BCUT2D eigenvalue weighted by atomic mass is 9.85. The lowest BCUT2D eigenvalue weighted by molar-refractivity contribution is -0.170. The van der Waals surface area contributed by atoms with E-state index in [1.54, 1.807) is 31.4 Å². The SMILES string of the molecule is CC[C@@H](NC(=O)N1C(=O)[C@H](CC=O)[C@H]1C(=O)OCc1ccc(OC)cc1)c1ccccc1. The highest BCUT2D eigenvalue weighted by Gasteiger charge is 2.55. The summed E-state index contributed by atoms with van der Waals surface area (Å²) in [7, 11) is 1.55. The van der Waals surface area contributed by atoms with Crippen LogP contribution in [-0.2, 0) is 25.7 Å². The second-order valence-corrected chi connectivity index (χ2v) is 7.44. The minimum Gasteiger partial charge on any atom is -0.497 e. The molecule has 1 fully saturated rings. The molecule has 0 spiro atoms. The molecule has 0 radical (unpaired) electrons. The summed E-state index contributed by atoms with van der Waals surface area (Å²) in [6.45, 7) is 1.88. The van der Waals surface area contributed by atoms with Crippen molar-refractivity contribution in [2.24, 2.45) is 5.92 Å². The summed E-state index contributed by atoms with van der Waals surface area (Å²) in [5, 5.41) is 2.81. The molecule has 0 saturated carbocycles. The summed E-state index contributed by atoms with van der Waals surface area (Å²) in [6, 6.07) is 14.2. The van der Waals surface area contributed by atoms with E-state index in [4.69, 9.17) is 9.47 Å². The van der Waals surface area contributed by atoms with Gasteiger partial charge in [-0.2, -0.15) is 0 Å². The molecule has 2 aromatic carbocycles. The van der Waals surface area contributed by atoms with Crippen molar-refractivity contribution >= 4 is 24.2 Å². The number of likely N-dealkylation sites (tertiary alicyclic amines) is 1. The third-order valence-electron chi connectivity index (χ3n) is 5.47. The number of nitrogens with one attached hydrogen (secondary N) is 1. The van der Waals surface area contributed by atoms with E-state index in [-0.39, 0.29) is 19.1 Å². The minimum absolute atomic E-state index is 0.0294. The average molecular weight is 438 g/mol. The number of imide groups is 1. The summed E-state index contributed by atoms with van der Waals surface area (Å²) >= 11 is 0. The van der Waals surface area contributed by atoms with Crippen LogP contribution in [0.15, 0.2) is 54.6 Å². The molecular weight excluding hydrogens is 412 g/mol. The molecule has 8 nitrogen and oxygen atoms in total. The number of esters is 1. The number of aldehydes is 1. The zero-order chi connectivity index (χ0) is 23.1. The fourth-order valence-corrected chi connectivity index (χ4v) is 3.66. The van der Waals surface area contributed by atoms with E-state index >= 15 is 0 Å². The Morgan fingerprint density at radius 1 is 1.12 bits per heavy atom. The van der Waals surface area contributed by atoms with Crippen LogP contribution in [0.4, 0.5) is 4.79 Å². The fourth-order valence-electron chi connectivity index (χ4n) is 3.66. The van der Waals surface area contributed by atoms with Crippen LogP contribution in [0, 0.1) is 5.92 Å². The van der Waals surface area contributed by atoms with Crippen LogP contribution >= 0.6 is 0 Å². The fraction of sp³-hybridized carbons (Fsp3) is 0.333. The zero-order valence-electron chi connectivity index (χ0n) is 18.0. The number of ether oxygens (including phenoxy) is 2. The quantitative estimate of drug-likeness (QED) is 0.367. The molecule has 1 heterocycles. The maximum absolute atomic E-state index is 12.9. The minimum atomic E-state index is -1.14. The predicted molar refractivity (Wildman–Crippen MR) is 116 cm³/mol. The number of methoxy groups -OCH3 is 1. The van der Waals surface area contributed by atoms with Gasteiger partial charge >= 0.3 is 12.0 Å². The van der Waals surface area contributed by atoms with Gasteiger partial charge in [-0.15, -0.1) is 0 Å². The summed E-state index contributed by atoms with van der Waals surface area (Å²) in [4.78, 5) is 50.0. The van der Waals surface area contributed by atoms with Crippen LogP contribution in [0.1, 0.15) is 36.9 Å². The first-order valence-corrected chi connectivity index (χ1v) is 10.4. The van der Waals surface area contributed by atoms with Crippen molar-refractivity contribution in [3.8, 4) is 5.75 Å². The number of carbonyl (C=O) groups is 4. The number of rotatable bonds is 9. The van der Waals surface area contributed by atoms with Crippen molar-refractivity contribution in [2.75, 3.05) is 7.11 Å². The van der Waals surface area contributed by atoms with Crippen LogP contribution < -0.4 is 10.1 Å². The molecule has 2 aromatic rings. The molecular formula is C24H26N2O6. The van der Waals surface area contributed by atoms with Crippen LogP contribution in [0.25, 0.3) is 0 Å². The molecule has 0 aliphatic carbocycles.